The Balaban J connectivity index is 1.81. The van der Waals surface area contributed by atoms with Crippen molar-refractivity contribution in [1.29, 1.82) is 0 Å². The number of aryl methyl sites for hydroxylation is 1. The average molecular weight is 253 g/mol. The Hall–Kier alpha value is -0.380. The molecule has 1 aliphatic rings. The van der Waals surface area contributed by atoms with E-state index < -0.39 is 0 Å². The van der Waals surface area contributed by atoms with Gasteiger partial charge in [-0.2, -0.15) is 0 Å². The SMILES string of the molecule is Cc1ccc(C(C)NC2CCC(CO)CC2)s1. The van der Waals surface area contributed by atoms with Crippen LogP contribution in [-0.2, 0) is 0 Å². The van der Waals surface area contributed by atoms with Crippen molar-refractivity contribution in [3.63, 3.8) is 0 Å². The van der Waals surface area contributed by atoms with Gasteiger partial charge in [0.2, 0.25) is 0 Å². The summed E-state index contributed by atoms with van der Waals surface area (Å²) in [6.45, 7) is 4.78. The average Bonchev–Trinajstić information content (AvgIpc) is 2.77. The quantitative estimate of drug-likeness (QED) is 0.863. The van der Waals surface area contributed by atoms with Crippen LogP contribution in [0.1, 0.15) is 48.4 Å². The van der Waals surface area contributed by atoms with Gasteiger partial charge in [-0.25, -0.2) is 0 Å². The number of nitrogens with one attached hydrogen (secondary N) is 1. The highest BCUT2D eigenvalue weighted by molar-refractivity contribution is 7.12. The Morgan fingerprint density at radius 3 is 2.59 bits per heavy atom. The highest BCUT2D eigenvalue weighted by atomic mass is 32.1. The van der Waals surface area contributed by atoms with Crippen molar-refractivity contribution >= 4 is 11.3 Å². The first-order valence-electron chi connectivity index (χ1n) is 6.62. The van der Waals surface area contributed by atoms with Crippen molar-refractivity contribution in [2.24, 2.45) is 5.92 Å². The first-order valence-corrected chi connectivity index (χ1v) is 7.44. The van der Waals surface area contributed by atoms with Gasteiger partial charge in [-0.3, -0.25) is 0 Å². The third-order valence-electron chi connectivity index (χ3n) is 3.78. The fourth-order valence-electron chi connectivity index (χ4n) is 2.63. The lowest BCUT2D eigenvalue weighted by molar-refractivity contribution is 0.172. The van der Waals surface area contributed by atoms with Crippen LogP contribution in [0, 0.1) is 12.8 Å². The molecule has 0 amide bonds. The second-order valence-corrected chi connectivity index (χ2v) is 6.56. The molecule has 0 aliphatic heterocycles. The molecule has 1 fully saturated rings. The molecule has 2 N–H and O–H groups in total. The second kappa shape index (κ2) is 5.98. The van der Waals surface area contributed by atoms with E-state index in [1.54, 1.807) is 0 Å². The lowest BCUT2D eigenvalue weighted by atomic mass is 9.86. The molecule has 0 radical (unpaired) electrons. The van der Waals surface area contributed by atoms with Crippen LogP contribution in [0.2, 0.25) is 0 Å². The molecule has 3 heteroatoms. The molecule has 96 valence electrons. The van der Waals surface area contributed by atoms with Crippen LogP contribution in [-0.4, -0.2) is 17.8 Å². The van der Waals surface area contributed by atoms with Crippen molar-refractivity contribution in [1.82, 2.24) is 5.32 Å². The smallest absolute Gasteiger partial charge is 0.0459 e. The maximum Gasteiger partial charge on any atom is 0.0459 e. The van der Waals surface area contributed by atoms with E-state index in [9.17, 15) is 0 Å². The Morgan fingerprint density at radius 2 is 2.06 bits per heavy atom. The number of hydrogen-bond donors (Lipinski definition) is 2. The largest absolute Gasteiger partial charge is 0.396 e. The fraction of sp³-hybridized carbons (Fsp3) is 0.714. The first-order chi connectivity index (χ1) is 8.19. The normalized spacial score (nSPS) is 27.0. The maximum absolute atomic E-state index is 9.12. The highest BCUT2D eigenvalue weighted by Crippen LogP contribution is 2.27. The molecule has 1 atom stereocenters. The Bertz CT molecular complexity index is 342. The molecule has 2 rings (SSSR count). The molecule has 1 aliphatic carbocycles. The molecule has 17 heavy (non-hydrogen) atoms. The van der Waals surface area contributed by atoms with Gasteiger partial charge in [-0.15, -0.1) is 11.3 Å². The minimum atomic E-state index is 0.367. The standard InChI is InChI=1S/C14H23NOS/c1-10-3-8-14(17-10)11(2)15-13-6-4-12(9-16)5-7-13/h3,8,11-13,15-16H,4-7,9H2,1-2H3. The van der Waals surface area contributed by atoms with Gasteiger partial charge in [0.25, 0.3) is 0 Å². The van der Waals surface area contributed by atoms with Crippen LogP contribution < -0.4 is 5.32 Å². The number of rotatable bonds is 4. The molecule has 1 aromatic rings. The van der Waals surface area contributed by atoms with Crippen LogP contribution in [0.5, 0.6) is 0 Å². The van der Waals surface area contributed by atoms with Crippen molar-refractivity contribution in [3.8, 4) is 0 Å². The summed E-state index contributed by atoms with van der Waals surface area (Å²) >= 11 is 1.89. The van der Waals surface area contributed by atoms with Crippen LogP contribution >= 0.6 is 11.3 Å². The minimum Gasteiger partial charge on any atom is -0.396 e. The maximum atomic E-state index is 9.12. The molecule has 0 spiro atoms. The summed E-state index contributed by atoms with van der Waals surface area (Å²) in [4.78, 5) is 2.82. The summed E-state index contributed by atoms with van der Waals surface area (Å²) in [7, 11) is 0. The lowest BCUT2D eigenvalue weighted by Crippen LogP contribution is -2.35. The molecule has 1 heterocycles. The van der Waals surface area contributed by atoms with E-state index >= 15 is 0 Å². The van der Waals surface area contributed by atoms with Gasteiger partial charge in [0.15, 0.2) is 0 Å². The van der Waals surface area contributed by atoms with E-state index in [0.717, 1.165) is 0 Å². The van der Waals surface area contributed by atoms with E-state index in [-0.39, 0.29) is 0 Å². The molecular weight excluding hydrogens is 230 g/mol. The van der Waals surface area contributed by atoms with Crippen LogP contribution in [0.25, 0.3) is 0 Å². The minimum absolute atomic E-state index is 0.367. The van der Waals surface area contributed by atoms with Crippen LogP contribution in [0.3, 0.4) is 0 Å². The zero-order valence-corrected chi connectivity index (χ0v) is 11.6. The molecule has 1 aromatic heterocycles. The molecule has 1 saturated carbocycles. The summed E-state index contributed by atoms with van der Waals surface area (Å²) in [5, 5.41) is 12.8. The topological polar surface area (TPSA) is 32.3 Å². The predicted molar refractivity (Wildman–Crippen MR) is 73.4 cm³/mol. The van der Waals surface area contributed by atoms with Gasteiger partial charge in [-0.1, -0.05) is 0 Å². The van der Waals surface area contributed by atoms with Gasteiger partial charge >= 0.3 is 0 Å². The Morgan fingerprint density at radius 1 is 1.35 bits per heavy atom. The molecule has 1 unspecified atom stereocenters. The van der Waals surface area contributed by atoms with Gasteiger partial charge in [0.1, 0.15) is 0 Å². The van der Waals surface area contributed by atoms with E-state index in [4.69, 9.17) is 5.11 Å². The Kier molecular flexibility index (Phi) is 4.60. The summed E-state index contributed by atoms with van der Waals surface area (Å²) in [5.41, 5.74) is 0. The van der Waals surface area contributed by atoms with Crippen molar-refractivity contribution in [2.45, 2.75) is 51.6 Å². The van der Waals surface area contributed by atoms with Gasteiger partial charge in [0, 0.05) is 28.4 Å². The molecule has 2 nitrogen and oxygen atoms in total. The van der Waals surface area contributed by atoms with E-state index in [1.165, 1.54) is 35.4 Å². The summed E-state index contributed by atoms with van der Waals surface area (Å²) in [6, 6.07) is 5.53. The lowest BCUT2D eigenvalue weighted by Gasteiger charge is -2.30. The monoisotopic (exact) mass is 253 g/mol. The predicted octanol–water partition coefficient (Wildman–Crippen LogP) is 3.26. The second-order valence-electron chi connectivity index (χ2n) is 5.24. The number of aliphatic hydroxyl groups is 1. The fourth-order valence-corrected chi connectivity index (χ4v) is 3.52. The van der Waals surface area contributed by atoms with Crippen LogP contribution in [0.4, 0.5) is 0 Å². The molecule has 0 saturated heterocycles. The zero-order valence-electron chi connectivity index (χ0n) is 10.8. The van der Waals surface area contributed by atoms with Gasteiger partial charge in [-0.05, 0) is 57.6 Å². The molecule has 0 bridgehead atoms. The third kappa shape index (κ3) is 3.54. The van der Waals surface area contributed by atoms with Gasteiger partial charge < -0.3 is 10.4 Å². The first kappa shape index (κ1) is 13.1. The van der Waals surface area contributed by atoms with Crippen molar-refractivity contribution < 1.29 is 5.11 Å². The van der Waals surface area contributed by atoms with E-state index in [2.05, 4.69) is 31.3 Å². The number of aliphatic hydroxyl groups excluding tert-OH is 1. The summed E-state index contributed by atoms with van der Waals surface area (Å²) < 4.78 is 0. The van der Waals surface area contributed by atoms with Crippen molar-refractivity contribution in [2.75, 3.05) is 6.61 Å². The van der Waals surface area contributed by atoms with Gasteiger partial charge in [0.05, 0.1) is 0 Å². The summed E-state index contributed by atoms with van der Waals surface area (Å²) in [6.07, 6.45) is 4.76. The highest BCUT2D eigenvalue weighted by Gasteiger charge is 2.22. The van der Waals surface area contributed by atoms with E-state index in [1.807, 2.05) is 11.3 Å². The third-order valence-corrected chi connectivity index (χ3v) is 4.96. The number of hydrogen-bond acceptors (Lipinski definition) is 3. The molecule has 0 aromatic carbocycles. The van der Waals surface area contributed by atoms with E-state index in [0.29, 0.717) is 24.6 Å². The Labute approximate surface area is 108 Å². The number of thiophene rings is 1. The summed E-state index contributed by atoms with van der Waals surface area (Å²) in [5.74, 6) is 0.548. The zero-order chi connectivity index (χ0) is 12.3. The van der Waals surface area contributed by atoms with Crippen molar-refractivity contribution in [3.05, 3.63) is 21.9 Å². The van der Waals surface area contributed by atoms with Crippen LogP contribution in [0.15, 0.2) is 12.1 Å². The molecular formula is C14H23NOS.